The molecule has 4 N–H and O–H groups in total. The van der Waals surface area contributed by atoms with Crippen molar-refractivity contribution in [3.63, 3.8) is 0 Å². The van der Waals surface area contributed by atoms with E-state index in [2.05, 4.69) is 20.7 Å². The fourth-order valence-corrected chi connectivity index (χ4v) is 2.35. The van der Waals surface area contributed by atoms with Gasteiger partial charge in [0, 0.05) is 5.69 Å². The number of hydrogen-bond acceptors (Lipinski definition) is 4. The Morgan fingerprint density at radius 2 is 1.96 bits per heavy atom. The highest BCUT2D eigenvalue weighted by Gasteiger charge is 2.23. The lowest BCUT2D eigenvalue weighted by Crippen LogP contribution is -2.49. The molecule has 0 aliphatic heterocycles. The SMILES string of the molecule is Cc1cc(C)n(-c2ccc(NC(=O)[C@H](NC(N)=O)C(C)C)cn2)n1. The molecule has 3 amide bonds. The lowest BCUT2D eigenvalue weighted by molar-refractivity contribution is -0.118. The van der Waals surface area contributed by atoms with Crippen LogP contribution in [0.25, 0.3) is 5.82 Å². The van der Waals surface area contributed by atoms with E-state index in [1.165, 1.54) is 0 Å². The van der Waals surface area contributed by atoms with Crippen LogP contribution in [0.5, 0.6) is 0 Å². The molecule has 0 aromatic carbocycles. The zero-order valence-electron chi connectivity index (χ0n) is 14.2. The second-order valence-corrected chi connectivity index (χ2v) is 5.96. The van der Waals surface area contributed by atoms with Gasteiger partial charge < -0.3 is 16.4 Å². The third kappa shape index (κ3) is 4.09. The summed E-state index contributed by atoms with van der Waals surface area (Å²) in [6.45, 7) is 7.50. The van der Waals surface area contributed by atoms with Gasteiger partial charge in [-0.3, -0.25) is 4.79 Å². The predicted octanol–water partition coefficient (Wildman–Crippen LogP) is 1.52. The summed E-state index contributed by atoms with van der Waals surface area (Å²) in [5.41, 5.74) is 7.52. The molecule has 128 valence electrons. The predicted molar refractivity (Wildman–Crippen MR) is 90.8 cm³/mol. The van der Waals surface area contributed by atoms with E-state index in [9.17, 15) is 9.59 Å². The third-order valence-electron chi connectivity index (χ3n) is 3.49. The Morgan fingerprint density at radius 1 is 1.25 bits per heavy atom. The summed E-state index contributed by atoms with van der Waals surface area (Å²) in [5, 5.41) is 9.53. The molecule has 0 unspecified atom stereocenters. The summed E-state index contributed by atoms with van der Waals surface area (Å²) >= 11 is 0. The highest BCUT2D eigenvalue weighted by Crippen LogP contribution is 2.13. The van der Waals surface area contributed by atoms with E-state index in [1.54, 1.807) is 23.0 Å². The van der Waals surface area contributed by atoms with Gasteiger partial charge in [-0.1, -0.05) is 13.8 Å². The highest BCUT2D eigenvalue weighted by atomic mass is 16.2. The summed E-state index contributed by atoms with van der Waals surface area (Å²) in [6, 6.07) is 4.01. The first kappa shape index (κ1) is 17.5. The normalized spacial score (nSPS) is 12.0. The number of carbonyl (C=O) groups is 2. The summed E-state index contributed by atoms with van der Waals surface area (Å²) < 4.78 is 1.73. The molecule has 0 fully saturated rings. The Morgan fingerprint density at radius 3 is 2.42 bits per heavy atom. The first-order valence-electron chi connectivity index (χ1n) is 7.64. The smallest absolute Gasteiger partial charge is 0.312 e. The van der Waals surface area contributed by atoms with Gasteiger partial charge in [-0.15, -0.1) is 0 Å². The monoisotopic (exact) mass is 330 g/mol. The molecule has 0 saturated heterocycles. The number of nitrogens with one attached hydrogen (secondary N) is 2. The number of nitrogens with two attached hydrogens (primary N) is 1. The van der Waals surface area contributed by atoms with Crippen LogP contribution in [-0.2, 0) is 4.79 Å². The standard InChI is InChI=1S/C16H22N6O2/c1-9(2)14(20-16(17)24)15(23)19-12-5-6-13(18-8-12)22-11(4)7-10(3)21-22/h5-9,14H,1-4H3,(H,19,23)(H3,17,20,24)/t14-/m1/s1. The van der Waals surface area contributed by atoms with Gasteiger partial charge in [0.25, 0.3) is 0 Å². The molecule has 2 rings (SSSR count). The molecule has 2 aromatic rings. The van der Waals surface area contributed by atoms with Crippen molar-refractivity contribution < 1.29 is 9.59 Å². The first-order valence-corrected chi connectivity index (χ1v) is 7.64. The van der Waals surface area contributed by atoms with E-state index in [4.69, 9.17) is 5.73 Å². The maximum atomic E-state index is 12.3. The fraction of sp³-hybridized carbons (Fsp3) is 0.375. The molecule has 8 heteroatoms. The topological polar surface area (TPSA) is 115 Å². The van der Waals surface area contributed by atoms with Gasteiger partial charge in [-0.2, -0.15) is 5.10 Å². The molecule has 2 heterocycles. The van der Waals surface area contributed by atoms with Crippen LogP contribution < -0.4 is 16.4 Å². The van der Waals surface area contributed by atoms with Gasteiger partial charge in [0.15, 0.2) is 5.82 Å². The van der Waals surface area contributed by atoms with Gasteiger partial charge in [-0.25, -0.2) is 14.5 Å². The van der Waals surface area contributed by atoms with Crippen molar-refractivity contribution in [1.29, 1.82) is 0 Å². The molecule has 2 aromatic heterocycles. The van der Waals surface area contributed by atoms with Crippen molar-refractivity contribution in [3.05, 3.63) is 35.8 Å². The average Bonchev–Trinajstić information content (AvgIpc) is 2.83. The molecule has 0 aliphatic rings. The molecule has 1 atom stereocenters. The van der Waals surface area contributed by atoms with E-state index >= 15 is 0 Å². The van der Waals surface area contributed by atoms with Crippen LogP contribution >= 0.6 is 0 Å². The van der Waals surface area contributed by atoms with Gasteiger partial charge in [0.2, 0.25) is 5.91 Å². The minimum absolute atomic E-state index is 0.0977. The lowest BCUT2D eigenvalue weighted by Gasteiger charge is -2.20. The van der Waals surface area contributed by atoms with Crippen LogP contribution in [0.4, 0.5) is 10.5 Å². The van der Waals surface area contributed by atoms with E-state index in [0.29, 0.717) is 11.5 Å². The minimum atomic E-state index is -0.734. The first-order chi connectivity index (χ1) is 11.3. The molecule has 24 heavy (non-hydrogen) atoms. The van der Waals surface area contributed by atoms with Crippen LogP contribution in [0, 0.1) is 19.8 Å². The number of pyridine rings is 1. The third-order valence-corrected chi connectivity index (χ3v) is 3.49. The lowest BCUT2D eigenvalue weighted by atomic mass is 10.0. The van der Waals surface area contributed by atoms with Crippen molar-refractivity contribution in [2.75, 3.05) is 5.32 Å². The maximum Gasteiger partial charge on any atom is 0.312 e. The molecular weight excluding hydrogens is 308 g/mol. The Labute approximate surface area is 140 Å². The van der Waals surface area contributed by atoms with Crippen LogP contribution in [0.1, 0.15) is 25.2 Å². The van der Waals surface area contributed by atoms with Gasteiger partial charge in [0.05, 0.1) is 17.6 Å². The number of urea groups is 1. The number of hydrogen-bond donors (Lipinski definition) is 3. The molecule has 0 bridgehead atoms. The zero-order chi connectivity index (χ0) is 17.9. The number of nitrogens with zero attached hydrogens (tertiary/aromatic N) is 3. The van der Waals surface area contributed by atoms with E-state index in [0.717, 1.165) is 11.4 Å². The van der Waals surface area contributed by atoms with E-state index < -0.39 is 12.1 Å². The maximum absolute atomic E-state index is 12.3. The summed E-state index contributed by atoms with van der Waals surface area (Å²) in [4.78, 5) is 27.6. The van der Waals surface area contributed by atoms with Crippen molar-refractivity contribution in [2.24, 2.45) is 11.7 Å². The van der Waals surface area contributed by atoms with Gasteiger partial charge >= 0.3 is 6.03 Å². The Balaban J connectivity index is 2.12. The van der Waals surface area contributed by atoms with E-state index in [-0.39, 0.29) is 11.8 Å². The number of amides is 3. The molecule has 0 aliphatic carbocycles. The number of aromatic nitrogens is 3. The van der Waals surface area contributed by atoms with Gasteiger partial charge in [0.1, 0.15) is 6.04 Å². The number of anilines is 1. The molecule has 0 radical (unpaired) electrons. The Kier molecular flexibility index (Phi) is 5.18. The van der Waals surface area contributed by atoms with E-state index in [1.807, 2.05) is 33.8 Å². The van der Waals surface area contributed by atoms with Crippen LogP contribution in [-0.4, -0.2) is 32.7 Å². The summed E-state index contributed by atoms with van der Waals surface area (Å²) in [5.74, 6) is 0.221. The molecular formula is C16H22N6O2. The molecule has 0 spiro atoms. The summed E-state index contributed by atoms with van der Waals surface area (Å²) in [7, 11) is 0. The Hall–Kier alpha value is -2.90. The van der Waals surface area contributed by atoms with Crippen molar-refractivity contribution in [2.45, 2.75) is 33.7 Å². The fourth-order valence-electron chi connectivity index (χ4n) is 2.35. The number of carbonyl (C=O) groups excluding carboxylic acids is 2. The quantitative estimate of drug-likeness (QED) is 0.771. The minimum Gasteiger partial charge on any atom is -0.352 e. The van der Waals surface area contributed by atoms with Crippen LogP contribution in [0.2, 0.25) is 0 Å². The van der Waals surface area contributed by atoms with Gasteiger partial charge in [-0.05, 0) is 38.0 Å². The highest BCUT2D eigenvalue weighted by molar-refractivity contribution is 5.96. The van der Waals surface area contributed by atoms with Crippen molar-refractivity contribution in [1.82, 2.24) is 20.1 Å². The Bertz CT molecular complexity index is 736. The number of rotatable bonds is 5. The summed E-state index contributed by atoms with van der Waals surface area (Å²) in [6.07, 6.45) is 1.55. The molecule has 8 nitrogen and oxygen atoms in total. The molecule has 0 saturated carbocycles. The second kappa shape index (κ2) is 7.12. The number of primary amides is 1. The number of aryl methyl sites for hydroxylation is 2. The largest absolute Gasteiger partial charge is 0.352 e. The van der Waals surface area contributed by atoms with Crippen LogP contribution in [0.3, 0.4) is 0 Å². The van der Waals surface area contributed by atoms with Crippen molar-refractivity contribution >= 4 is 17.6 Å². The van der Waals surface area contributed by atoms with Crippen LogP contribution in [0.15, 0.2) is 24.4 Å². The van der Waals surface area contributed by atoms with Crippen molar-refractivity contribution in [3.8, 4) is 5.82 Å². The zero-order valence-corrected chi connectivity index (χ0v) is 14.2. The second-order valence-electron chi connectivity index (χ2n) is 5.96. The average molecular weight is 330 g/mol.